The highest BCUT2D eigenvalue weighted by Gasteiger charge is 2.47. The number of carbonyl (C=O) groups excluding carboxylic acids is 2. The van der Waals surface area contributed by atoms with Crippen molar-refractivity contribution in [1.29, 1.82) is 0 Å². The van der Waals surface area contributed by atoms with E-state index in [1.165, 1.54) is 6.26 Å². The SMILES string of the molecule is C=C1NC2=C(C(=O)CC(c3ccccc3OC)C2)C(c2coc3ccccc3c2=O)C1C(=O)OCCOC(C)C. The number of esters is 1. The van der Waals surface area contributed by atoms with Crippen LogP contribution in [0.3, 0.4) is 0 Å². The van der Waals surface area contributed by atoms with E-state index in [2.05, 4.69) is 11.9 Å². The molecule has 3 atom stereocenters. The first kappa shape index (κ1) is 27.4. The zero-order valence-corrected chi connectivity index (χ0v) is 22.9. The number of carbonyl (C=O) groups is 2. The Balaban J connectivity index is 1.58. The minimum atomic E-state index is -1.01. The lowest BCUT2D eigenvalue weighted by Gasteiger charge is -2.39. The van der Waals surface area contributed by atoms with Crippen LogP contribution in [0.4, 0.5) is 0 Å². The summed E-state index contributed by atoms with van der Waals surface area (Å²) in [5.41, 5.74) is 2.66. The molecule has 5 rings (SSSR count). The molecule has 0 radical (unpaired) electrons. The molecule has 2 heterocycles. The lowest BCUT2D eigenvalue weighted by molar-refractivity contribution is -0.150. The van der Waals surface area contributed by atoms with Gasteiger partial charge in [0.2, 0.25) is 0 Å². The fourth-order valence-corrected chi connectivity index (χ4v) is 5.71. The molecule has 1 aliphatic carbocycles. The Morgan fingerprint density at radius 3 is 2.58 bits per heavy atom. The number of fused-ring (bicyclic) bond motifs is 1. The summed E-state index contributed by atoms with van der Waals surface area (Å²) in [6, 6.07) is 14.5. The van der Waals surface area contributed by atoms with Crippen molar-refractivity contribution in [3.63, 3.8) is 0 Å². The molecular weight excluding hydrogens is 510 g/mol. The van der Waals surface area contributed by atoms with E-state index < -0.39 is 17.8 Å². The molecule has 0 bridgehead atoms. The van der Waals surface area contributed by atoms with Crippen LogP contribution in [0.1, 0.15) is 49.7 Å². The summed E-state index contributed by atoms with van der Waals surface area (Å²) in [4.78, 5) is 41.2. The first-order valence-electron chi connectivity index (χ1n) is 13.4. The molecule has 1 aromatic heterocycles. The number of para-hydroxylation sites is 2. The summed E-state index contributed by atoms with van der Waals surface area (Å²) in [6.45, 7) is 8.20. The lowest BCUT2D eigenvalue weighted by atomic mass is 9.69. The number of methoxy groups -OCH3 is 1. The van der Waals surface area contributed by atoms with Gasteiger partial charge in [-0.3, -0.25) is 14.4 Å². The summed E-state index contributed by atoms with van der Waals surface area (Å²) in [5, 5.41) is 3.61. The van der Waals surface area contributed by atoms with Crippen molar-refractivity contribution >= 4 is 22.7 Å². The van der Waals surface area contributed by atoms with Crippen LogP contribution < -0.4 is 15.5 Å². The predicted molar refractivity (Wildman–Crippen MR) is 150 cm³/mol. The van der Waals surface area contributed by atoms with Gasteiger partial charge in [-0.2, -0.15) is 0 Å². The van der Waals surface area contributed by atoms with Crippen molar-refractivity contribution in [3.8, 4) is 5.75 Å². The number of nitrogens with one attached hydrogen (secondary N) is 1. The number of Topliss-reactive ketones (excluding diaryl/α,β-unsaturated/α-hetero) is 1. The fraction of sp³-hybridized carbons (Fsp3) is 0.344. The minimum Gasteiger partial charge on any atom is -0.496 e. The maximum Gasteiger partial charge on any atom is 0.315 e. The minimum absolute atomic E-state index is 0.0104. The van der Waals surface area contributed by atoms with Crippen LogP contribution in [0.25, 0.3) is 11.0 Å². The van der Waals surface area contributed by atoms with Crippen molar-refractivity contribution in [2.24, 2.45) is 5.92 Å². The third-order valence-electron chi connectivity index (χ3n) is 7.49. The van der Waals surface area contributed by atoms with Crippen LogP contribution in [-0.2, 0) is 19.1 Å². The van der Waals surface area contributed by atoms with Crippen molar-refractivity contribution in [3.05, 3.63) is 99.7 Å². The molecule has 2 aliphatic rings. The molecule has 3 unspecified atom stereocenters. The van der Waals surface area contributed by atoms with E-state index in [1.807, 2.05) is 38.1 Å². The molecule has 0 saturated heterocycles. The van der Waals surface area contributed by atoms with Crippen molar-refractivity contribution in [2.45, 2.75) is 44.6 Å². The molecule has 0 fully saturated rings. The van der Waals surface area contributed by atoms with E-state index >= 15 is 0 Å². The maximum absolute atomic E-state index is 13.9. The van der Waals surface area contributed by atoms with Gasteiger partial charge < -0.3 is 23.9 Å². The van der Waals surface area contributed by atoms with Gasteiger partial charge in [-0.25, -0.2) is 0 Å². The van der Waals surface area contributed by atoms with E-state index in [0.717, 1.165) is 5.56 Å². The summed E-state index contributed by atoms with van der Waals surface area (Å²) in [5.74, 6) is -2.10. The molecule has 208 valence electrons. The molecule has 2 aromatic carbocycles. The number of hydrogen-bond acceptors (Lipinski definition) is 8. The van der Waals surface area contributed by atoms with Gasteiger partial charge in [-0.15, -0.1) is 0 Å². The fourth-order valence-electron chi connectivity index (χ4n) is 5.71. The Kier molecular flexibility index (Phi) is 7.89. The first-order chi connectivity index (χ1) is 19.3. The Morgan fingerprint density at radius 1 is 1.05 bits per heavy atom. The average Bonchev–Trinajstić information content (AvgIpc) is 2.94. The highest BCUT2D eigenvalue weighted by atomic mass is 16.6. The highest BCUT2D eigenvalue weighted by molar-refractivity contribution is 6.01. The molecule has 0 spiro atoms. The molecule has 0 amide bonds. The zero-order chi connectivity index (χ0) is 28.4. The molecule has 40 heavy (non-hydrogen) atoms. The number of hydrogen-bond donors (Lipinski definition) is 1. The van der Waals surface area contributed by atoms with Gasteiger partial charge in [0, 0.05) is 40.8 Å². The lowest BCUT2D eigenvalue weighted by Crippen LogP contribution is -2.43. The van der Waals surface area contributed by atoms with Gasteiger partial charge in [0.05, 0.1) is 31.5 Å². The Morgan fingerprint density at radius 2 is 1.80 bits per heavy atom. The smallest absolute Gasteiger partial charge is 0.315 e. The quantitative estimate of drug-likeness (QED) is 0.313. The van der Waals surface area contributed by atoms with Crippen LogP contribution in [0, 0.1) is 5.92 Å². The molecule has 1 N–H and O–H groups in total. The number of ether oxygens (including phenoxy) is 3. The standard InChI is InChI=1S/C32H33NO7/c1-18(2)38-13-14-39-32(36)28-19(3)33-24-15-20(21-9-5-7-11-26(21)37-4)16-25(34)30(24)29(28)23-17-40-27-12-8-6-10-22(27)31(23)35/h5-12,17-18,20,28-29,33H,3,13-16H2,1-2,4H3. The summed E-state index contributed by atoms with van der Waals surface area (Å²) >= 11 is 0. The summed E-state index contributed by atoms with van der Waals surface area (Å²) < 4.78 is 22.5. The second-order valence-electron chi connectivity index (χ2n) is 10.4. The van der Waals surface area contributed by atoms with Gasteiger partial charge in [0.15, 0.2) is 11.2 Å². The Hall–Kier alpha value is -4.17. The van der Waals surface area contributed by atoms with Crippen LogP contribution in [0.5, 0.6) is 5.75 Å². The summed E-state index contributed by atoms with van der Waals surface area (Å²) in [6.07, 6.45) is 2.04. The van der Waals surface area contributed by atoms with E-state index in [4.69, 9.17) is 18.6 Å². The van der Waals surface area contributed by atoms with E-state index in [-0.39, 0.29) is 48.4 Å². The second kappa shape index (κ2) is 11.5. The van der Waals surface area contributed by atoms with Gasteiger partial charge in [0.1, 0.15) is 23.9 Å². The van der Waals surface area contributed by atoms with Crippen LogP contribution in [0.2, 0.25) is 0 Å². The number of rotatable bonds is 8. The Bertz CT molecular complexity index is 1550. The molecule has 0 saturated carbocycles. The maximum atomic E-state index is 13.9. The van der Waals surface area contributed by atoms with E-state index in [9.17, 15) is 14.4 Å². The van der Waals surface area contributed by atoms with E-state index in [1.54, 1.807) is 31.4 Å². The number of benzene rings is 2. The van der Waals surface area contributed by atoms with Gasteiger partial charge in [-0.1, -0.05) is 36.9 Å². The third-order valence-corrected chi connectivity index (χ3v) is 7.49. The zero-order valence-electron chi connectivity index (χ0n) is 22.9. The molecule has 3 aromatic rings. The third kappa shape index (κ3) is 5.19. The van der Waals surface area contributed by atoms with Crippen molar-refractivity contribution in [2.75, 3.05) is 20.3 Å². The predicted octanol–water partition coefficient (Wildman–Crippen LogP) is 4.99. The van der Waals surface area contributed by atoms with Crippen molar-refractivity contribution in [1.82, 2.24) is 5.32 Å². The van der Waals surface area contributed by atoms with Gasteiger partial charge >= 0.3 is 5.97 Å². The molecule has 1 aliphatic heterocycles. The molecular formula is C32H33NO7. The molecule has 8 heteroatoms. The number of allylic oxidation sites excluding steroid dienone is 2. The summed E-state index contributed by atoms with van der Waals surface area (Å²) in [7, 11) is 1.60. The van der Waals surface area contributed by atoms with Crippen molar-refractivity contribution < 1.29 is 28.2 Å². The number of ketones is 1. The van der Waals surface area contributed by atoms with Crippen LogP contribution in [-0.4, -0.2) is 38.2 Å². The van der Waals surface area contributed by atoms with E-state index in [0.29, 0.717) is 40.1 Å². The molecule has 8 nitrogen and oxygen atoms in total. The van der Waals surface area contributed by atoms with Crippen LogP contribution in [0.15, 0.2) is 87.6 Å². The Labute approximate surface area is 232 Å². The topological polar surface area (TPSA) is 104 Å². The first-order valence-corrected chi connectivity index (χ1v) is 13.4. The monoisotopic (exact) mass is 543 g/mol. The van der Waals surface area contributed by atoms with Crippen LogP contribution >= 0.6 is 0 Å². The van der Waals surface area contributed by atoms with Gasteiger partial charge in [-0.05, 0) is 44.0 Å². The highest BCUT2D eigenvalue weighted by Crippen LogP contribution is 2.47. The largest absolute Gasteiger partial charge is 0.496 e. The second-order valence-corrected chi connectivity index (χ2v) is 10.4. The normalized spacial score (nSPS) is 20.9. The average molecular weight is 544 g/mol. The van der Waals surface area contributed by atoms with Gasteiger partial charge in [0.25, 0.3) is 0 Å².